The van der Waals surface area contributed by atoms with E-state index in [0.717, 1.165) is 35.5 Å². The first-order chi connectivity index (χ1) is 10.7. The molecule has 22 heavy (non-hydrogen) atoms. The Morgan fingerprint density at radius 3 is 2.41 bits per heavy atom. The van der Waals surface area contributed by atoms with Crippen LogP contribution in [0.25, 0.3) is 0 Å². The molecular formula is C22H38. The molecule has 6 atom stereocenters. The molecule has 0 heteroatoms. The van der Waals surface area contributed by atoms with Crippen LogP contribution in [0, 0.1) is 40.9 Å². The van der Waals surface area contributed by atoms with Gasteiger partial charge >= 0.3 is 0 Å². The number of rotatable bonds is 2. The first-order valence-electron chi connectivity index (χ1n) is 10.7. The average Bonchev–Trinajstić information content (AvgIpc) is 2.91. The van der Waals surface area contributed by atoms with Crippen LogP contribution in [0.4, 0.5) is 0 Å². The van der Waals surface area contributed by atoms with Gasteiger partial charge in [0.15, 0.2) is 0 Å². The predicted octanol–water partition coefficient (Wildman–Crippen LogP) is 6.84. The van der Waals surface area contributed by atoms with Gasteiger partial charge in [0.05, 0.1) is 0 Å². The highest BCUT2D eigenvalue weighted by atomic mass is 14.6. The largest absolute Gasteiger partial charge is 0.0622 e. The molecule has 4 fully saturated rings. The van der Waals surface area contributed by atoms with Crippen LogP contribution in [0.1, 0.15) is 97.3 Å². The standard InChI is InChI=1S/C22H38/c1-16-10-11-18(15-22(2)12-6-3-7-13-22)21-19-9-5-4-8-17(19)14-20(16)21/h16-21H,3-15H2,1-2H3. The molecule has 4 aliphatic carbocycles. The van der Waals surface area contributed by atoms with Crippen LogP contribution < -0.4 is 0 Å². The lowest BCUT2D eigenvalue weighted by Gasteiger charge is -2.46. The van der Waals surface area contributed by atoms with Gasteiger partial charge in [-0.2, -0.15) is 0 Å². The normalized spacial score (nSPS) is 47.7. The van der Waals surface area contributed by atoms with Gasteiger partial charge in [-0.1, -0.05) is 58.8 Å². The highest BCUT2D eigenvalue weighted by Gasteiger charge is 2.51. The summed E-state index contributed by atoms with van der Waals surface area (Å²) in [6.45, 7) is 5.24. The zero-order valence-corrected chi connectivity index (χ0v) is 15.2. The van der Waals surface area contributed by atoms with Crippen LogP contribution >= 0.6 is 0 Å². The summed E-state index contributed by atoms with van der Waals surface area (Å²) in [6, 6.07) is 0. The van der Waals surface area contributed by atoms with E-state index in [1.807, 2.05) is 0 Å². The van der Waals surface area contributed by atoms with Crippen molar-refractivity contribution in [1.29, 1.82) is 0 Å². The van der Waals surface area contributed by atoms with Crippen LogP contribution in [-0.2, 0) is 0 Å². The van der Waals surface area contributed by atoms with E-state index < -0.39 is 0 Å². The van der Waals surface area contributed by atoms with Gasteiger partial charge in [0.25, 0.3) is 0 Å². The molecule has 6 unspecified atom stereocenters. The molecule has 4 aliphatic rings. The molecule has 4 rings (SSSR count). The molecule has 0 aromatic rings. The first kappa shape index (κ1) is 15.5. The third-order valence-electron chi connectivity index (χ3n) is 8.62. The van der Waals surface area contributed by atoms with Gasteiger partial charge in [0, 0.05) is 0 Å². The summed E-state index contributed by atoms with van der Waals surface area (Å²) in [5, 5.41) is 0. The Hall–Kier alpha value is 0. The Labute approximate surface area is 138 Å². The van der Waals surface area contributed by atoms with Crippen LogP contribution in [0.3, 0.4) is 0 Å². The molecular weight excluding hydrogens is 264 g/mol. The zero-order chi connectivity index (χ0) is 15.2. The summed E-state index contributed by atoms with van der Waals surface area (Å²) in [7, 11) is 0. The van der Waals surface area contributed by atoms with Crippen molar-refractivity contribution >= 4 is 0 Å². The molecule has 0 saturated heterocycles. The van der Waals surface area contributed by atoms with Crippen molar-refractivity contribution in [3.63, 3.8) is 0 Å². The van der Waals surface area contributed by atoms with Crippen molar-refractivity contribution in [2.45, 2.75) is 97.3 Å². The smallest absolute Gasteiger partial charge is 0.0323 e. The average molecular weight is 303 g/mol. The molecule has 0 heterocycles. The topological polar surface area (TPSA) is 0 Å². The maximum Gasteiger partial charge on any atom is -0.0323 e. The quantitative estimate of drug-likeness (QED) is 0.524. The van der Waals surface area contributed by atoms with E-state index in [1.165, 1.54) is 38.5 Å². The minimum absolute atomic E-state index is 0.709. The first-order valence-corrected chi connectivity index (χ1v) is 10.7. The third-order valence-corrected chi connectivity index (χ3v) is 8.62. The van der Waals surface area contributed by atoms with Gasteiger partial charge in [-0.3, -0.25) is 0 Å². The SMILES string of the molecule is CC1CCC(CC2(C)CCCCC2)C2C1CC1CCCCC12. The monoisotopic (exact) mass is 302 g/mol. The van der Waals surface area contributed by atoms with E-state index in [2.05, 4.69) is 13.8 Å². The molecule has 4 saturated carbocycles. The van der Waals surface area contributed by atoms with Crippen molar-refractivity contribution in [2.24, 2.45) is 40.9 Å². The molecule has 0 aromatic heterocycles. The van der Waals surface area contributed by atoms with Crippen LogP contribution in [0.5, 0.6) is 0 Å². The fourth-order valence-corrected chi connectivity index (χ4v) is 7.53. The lowest BCUT2D eigenvalue weighted by atomic mass is 9.59. The molecule has 126 valence electrons. The highest BCUT2D eigenvalue weighted by Crippen LogP contribution is 2.60. The van der Waals surface area contributed by atoms with Crippen LogP contribution in [0.15, 0.2) is 0 Å². The summed E-state index contributed by atoms with van der Waals surface area (Å²) in [4.78, 5) is 0. The van der Waals surface area contributed by atoms with Crippen LogP contribution in [-0.4, -0.2) is 0 Å². The van der Waals surface area contributed by atoms with Crippen molar-refractivity contribution < 1.29 is 0 Å². The summed E-state index contributed by atoms with van der Waals surface area (Å²) in [5.74, 6) is 6.64. The second-order valence-electron chi connectivity index (χ2n) is 10.1. The third kappa shape index (κ3) is 2.78. The van der Waals surface area contributed by atoms with E-state index >= 15 is 0 Å². The molecule has 0 radical (unpaired) electrons. The molecule has 0 N–H and O–H groups in total. The maximum atomic E-state index is 2.65. The van der Waals surface area contributed by atoms with Gasteiger partial charge in [-0.05, 0) is 79.4 Å². The van der Waals surface area contributed by atoms with Crippen molar-refractivity contribution in [2.75, 3.05) is 0 Å². The van der Waals surface area contributed by atoms with Crippen molar-refractivity contribution in [3.05, 3.63) is 0 Å². The summed E-state index contributed by atoms with van der Waals surface area (Å²) in [6.07, 6.45) is 20.2. The van der Waals surface area contributed by atoms with E-state index in [1.54, 1.807) is 44.9 Å². The molecule has 0 aliphatic heterocycles. The van der Waals surface area contributed by atoms with Gasteiger partial charge < -0.3 is 0 Å². The molecule has 0 spiro atoms. The summed E-state index contributed by atoms with van der Waals surface area (Å²) in [5.41, 5.74) is 0.709. The fraction of sp³-hybridized carbons (Fsp3) is 1.00. The second-order valence-corrected chi connectivity index (χ2v) is 10.1. The van der Waals surface area contributed by atoms with E-state index in [-0.39, 0.29) is 0 Å². The number of hydrogen-bond donors (Lipinski definition) is 0. The Balaban J connectivity index is 1.51. The van der Waals surface area contributed by atoms with Gasteiger partial charge in [0.1, 0.15) is 0 Å². The molecule has 0 bridgehead atoms. The maximum absolute atomic E-state index is 2.65. The van der Waals surface area contributed by atoms with E-state index in [9.17, 15) is 0 Å². The fourth-order valence-electron chi connectivity index (χ4n) is 7.53. The lowest BCUT2D eigenvalue weighted by molar-refractivity contribution is 0.0382. The molecule has 0 nitrogen and oxygen atoms in total. The highest BCUT2D eigenvalue weighted by molar-refractivity contribution is 5.00. The van der Waals surface area contributed by atoms with Gasteiger partial charge in [0.2, 0.25) is 0 Å². The Morgan fingerprint density at radius 2 is 1.59 bits per heavy atom. The minimum atomic E-state index is 0.709. The molecule has 0 aromatic carbocycles. The van der Waals surface area contributed by atoms with Crippen LogP contribution in [0.2, 0.25) is 0 Å². The predicted molar refractivity (Wildman–Crippen MR) is 94.7 cm³/mol. The Morgan fingerprint density at radius 1 is 0.818 bits per heavy atom. The van der Waals surface area contributed by atoms with E-state index in [4.69, 9.17) is 0 Å². The second kappa shape index (κ2) is 6.14. The number of fused-ring (bicyclic) bond motifs is 3. The van der Waals surface area contributed by atoms with Gasteiger partial charge in [-0.15, -0.1) is 0 Å². The Kier molecular flexibility index (Phi) is 4.33. The van der Waals surface area contributed by atoms with Crippen molar-refractivity contribution in [3.8, 4) is 0 Å². The zero-order valence-electron chi connectivity index (χ0n) is 15.2. The van der Waals surface area contributed by atoms with Gasteiger partial charge in [-0.25, -0.2) is 0 Å². The minimum Gasteiger partial charge on any atom is -0.0622 e. The number of hydrogen-bond acceptors (Lipinski definition) is 0. The lowest BCUT2D eigenvalue weighted by Crippen LogP contribution is -2.37. The van der Waals surface area contributed by atoms with E-state index in [0.29, 0.717) is 5.41 Å². The summed E-state index contributed by atoms with van der Waals surface area (Å²) < 4.78 is 0. The summed E-state index contributed by atoms with van der Waals surface area (Å²) >= 11 is 0. The Bertz CT molecular complexity index is 375. The van der Waals surface area contributed by atoms with Crippen molar-refractivity contribution in [1.82, 2.24) is 0 Å². The molecule has 0 amide bonds.